The van der Waals surface area contributed by atoms with Crippen molar-refractivity contribution in [1.29, 1.82) is 0 Å². The van der Waals surface area contributed by atoms with E-state index >= 15 is 0 Å². The SMILES string of the molecule is COc1ccc(CN(C(=O)CCc2ccccc2)[C@@H](C)C(=O)NCCc2ccccc2)cc1. The maximum absolute atomic E-state index is 13.2. The lowest BCUT2D eigenvalue weighted by molar-refractivity contribution is -0.140. The molecule has 0 heterocycles. The maximum atomic E-state index is 13.2. The number of hydrogen-bond donors (Lipinski definition) is 1. The fraction of sp³-hybridized carbons (Fsp3) is 0.286. The summed E-state index contributed by atoms with van der Waals surface area (Å²) in [6, 6.07) is 27.0. The minimum absolute atomic E-state index is 0.0413. The Hall–Kier alpha value is -3.60. The summed E-state index contributed by atoms with van der Waals surface area (Å²) in [6.45, 7) is 2.69. The second kappa shape index (κ2) is 12.4. The monoisotopic (exact) mass is 444 g/mol. The molecule has 1 atom stereocenters. The van der Waals surface area contributed by atoms with Gasteiger partial charge in [0.1, 0.15) is 11.8 Å². The molecule has 0 aromatic heterocycles. The van der Waals surface area contributed by atoms with Crippen LogP contribution in [0.5, 0.6) is 5.75 Å². The van der Waals surface area contributed by atoms with Gasteiger partial charge in [-0.15, -0.1) is 0 Å². The van der Waals surface area contributed by atoms with Crippen LogP contribution in [0.4, 0.5) is 0 Å². The zero-order valence-electron chi connectivity index (χ0n) is 19.4. The molecule has 0 saturated carbocycles. The van der Waals surface area contributed by atoms with Crippen molar-refractivity contribution in [1.82, 2.24) is 10.2 Å². The minimum atomic E-state index is -0.578. The number of ether oxygens (including phenoxy) is 1. The molecule has 3 rings (SSSR count). The Morgan fingerprint density at radius 2 is 1.39 bits per heavy atom. The topological polar surface area (TPSA) is 58.6 Å². The summed E-state index contributed by atoms with van der Waals surface area (Å²) in [4.78, 5) is 27.8. The Labute approximate surface area is 196 Å². The number of carbonyl (C=O) groups is 2. The summed E-state index contributed by atoms with van der Waals surface area (Å²) in [6.07, 6.45) is 1.74. The Kier molecular flexibility index (Phi) is 9.07. The van der Waals surface area contributed by atoms with Crippen LogP contribution >= 0.6 is 0 Å². The molecule has 172 valence electrons. The van der Waals surface area contributed by atoms with E-state index in [0.29, 0.717) is 25.9 Å². The third kappa shape index (κ3) is 7.49. The first-order valence-electron chi connectivity index (χ1n) is 11.3. The van der Waals surface area contributed by atoms with E-state index in [-0.39, 0.29) is 11.8 Å². The molecule has 0 unspecified atom stereocenters. The molecule has 0 aliphatic carbocycles. The van der Waals surface area contributed by atoms with Crippen molar-refractivity contribution in [2.24, 2.45) is 0 Å². The summed E-state index contributed by atoms with van der Waals surface area (Å²) in [7, 11) is 1.62. The van der Waals surface area contributed by atoms with Crippen molar-refractivity contribution in [3.05, 3.63) is 102 Å². The van der Waals surface area contributed by atoms with Gasteiger partial charge in [0.05, 0.1) is 7.11 Å². The van der Waals surface area contributed by atoms with Crippen LogP contribution in [0.15, 0.2) is 84.9 Å². The van der Waals surface area contributed by atoms with Crippen molar-refractivity contribution >= 4 is 11.8 Å². The highest BCUT2D eigenvalue weighted by Gasteiger charge is 2.25. The van der Waals surface area contributed by atoms with Crippen molar-refractivity contribution in [3.63, 3.8) is 0 Å². The summed E-state index contributed by atoms with van der Waals surface area (Å²) < 4.78 is 5.23. The molecule has 0 radical (unpaired) electrons. The van der Waals surface area contributed by atoms with Crippen LogP contribution in [0.25, 0.3) is 0 Å². The van der Waals surface area contributed by atoms with Gasteiger partial charge in [-0.3, -0.25) is 9.59 Å². The van der Waals surface area contributed by atoms with Crippen LogP contribution in [-0.4, -0.2) is 36.4 Å². The molecule has 3 aromatic carbocycles. The van der Waals surface area contributed by atoms with E-state index in [9.17, 15) is 9.59 Å². The van der Waals surface area contributed by atoms with E-state index in [2.05, 4.69) is 5.32 Å². The number of hydrogen-bond acceptors (Lipinski definition) is 3. The number of methoxy groups -OCH3 is 1. The van der Waals surface area contributed by atoms with Crippen LogP contribution in [0.2, 0.25) is 0 Å². The normalized spacial score (nSPS) is 11.5. The lowest BCUT2D eigenvalue weighted by Gasteiger charge is -2.29. The summed E-state index contributed by atoms with van der Waals surface area (Å²) in [5.41, 5.74) is 3.22. The molecule has 1 N–H and O–H groups in total. The quantitative estimate of drug-likeness (QED) is 0.477. The molecule has 3 aromatic rings. The van der Waals surface area contributed by atoms with Gasteiger partial charge in [-0.25, -0.2) is 0 Å². The first kappa shape index (κ1) is 24.1. The lowest BCUT2D eigenvalue weighted by Crippen LogP contribution is -2.48. The van der Waals surface area contributed by atoms with Crippen LogP contribution < -0.4 is 10.1 Å². The summed E-state index contributed by atoms with van der Waals surface area (Å²) in [5.74, 6) is 0.570. The van der Waals surface area contributed by atoms with Crippen molar-refractivity contribution in [2.45, 2.75) is 38.8 Å². The number of rotatable bonds is 11. The van der Waals surface area contributed by atoms with E-state index in [4.69, 9.17) is 4.74 Å². The number of nitrogens with one attached hydrogen (secondary N) is 1. The van der Waals surface area contributed by atoms with Gasteiger partial charge in [-0.1, -0.05) is 72.8 Å². The van der Waals surface area contributed by atoms with Crippen molar-refractivity contribution < 1.29 is 14.3 Å². The number of nitrogens with zero attached hydrogens (tertiary/aromatic N) is 1. The molecule has 0 bridgehead atoms. The Balaban J connectivity index is 1.65. The fourth-order valence-corrected chi connectivity index (χ4v) is 3.67. The number of aryl methyl sites for hydroxylation is 1. The molecule has 0 saturated heterocycles. The molecule has 2 amide bonds. The predicted octanol–water partition coefficient (Wildman–Crippen LogP) is 4.40. The van der Waals surface area contributed by atoms with Crippen LogP contribution in [0.3, 0.4) is 0 Å². The largest absolute Gasteiger partial charge is 0.497 e. The Bertz CT molecular complexity index is 1000. The van der Waals surface area contributed by atoms with E-state index in [1.807, 2.05) is 84.9 Å². The van der Waals surface area contributed by atoms with Crippen molar-refractivity contribution in [3.8, 4) is 5.75 Å². The highest BCUT2D eigenvalue weighted by Crippen LogP contribution is 2.16. The molecule has 0 spiro atoms. The molecule has 0 fully saturated rings. The average molecular weight is 445 g/mol. The number of benzene rings is 3. The van der Waals surface area contributed by atoms with Gasteiger partial charge in [0.25, 0.3) is 0 Å². The predicted molar refractivity (Wildman–Crippen MR) is 131 cm³/mol. The van der Waals surface area contributed by atoms with Crippen molar-refractivity contribution in [2.75, 3.05) is 13.7 Å². The number of carbonyl (C=O) groups excluding carboxylic acids is 2. The van der Waals surface area contributed by atoms with Gasteiger partial charge in [-0.2, -0.15) is 0 Å². The molecule has 5 heteroatoms. The first-order chi connectivity index (χ1) is 16.1. The highest BCUT2D eigenvalue weighted by molar-refractivity contribution is 5.87. The Morgan fingerprint density at radius 3 is 1.97 bits per heavy atom. The van der Waals surface area contributed by atoms with E-state index in [1.54, 1.807) is 18.9 Å². The zero-order valence-corrected chi connectivity index (χ0v) is 19.4. The lowest BCUT2D eigenvalue weighted by atomic mass is 10.1. The molecular weight excluding hydrogens is 412 g/mol. The van der Waals surface area contributed by atoms with Gasteiger partial charge in [0.2, 0.25) is 11.8 Å². The molecular formula is C28H32N2O3. The summed E-state index contributed by atoms with van der Waals surface area (Å²) in [5, 5.41) is 2.99. The minimum Gasteiger partial charge on any atom is -0.497 e. The standard InChI is InChI=1S/C28H32N2O3/c1-22(28(32)29-20-19-24-11-7-4-8-12-24)30(21-25-13-16-26(33-2)17-14-25)27(31)18-15-23-9-5-3-6-10-23/h3-14,16-17,22H,15,18-21H2,1-2H3,(H,29,32)/t22-/m0/s1. The number of amides is 2. The molecule has 33 heavy (non-hydrogen) atoms. The van der Waals surface area contributed by atoms with Gasteiger partial charge in [-0.05, 0) is 48.6 Å². The molecule has 0 aliphatic rings. The van der Waals surface area contributed by atoms with Gasteiger partial charge in [0.15, 0.2) is 0 Å². The zero-order chi connectivity index (χ0) is 23.5. The smallest absolute Gasteiger partial charge is 0.242 e. The van der Waals surface area contributed by atoms with E-state index in [1.165, 1.54) is 5.56 Å². The average Bonchev–Trinajstić information content (AvgIpc) is 2.87. The third-order valence-electron chi connectivity index (χ3n) is 5.71. The highest BCUT2D eigenvalue weighted by atomic mass is 16.5. The second-order valence-corrected chi connectivity index (χ2v) is 8.06. The van der Waals surface area contributed by atoms with Crippen LogP contribution in [0.1, 0.15) is 30.0 Å². The molecule has 0 aliphatic heterocycles. The fourth-order valence-electron chi connectivity index (χ4n) is 3.67. The third-order valence-corrected chi connectivity index (χ3v) is 5.71. The van der Waals surface area contributed by atoms with Gasteiger partial charge < -0.3 is 15.0 Å². The van der Waals surface area contributed by atoms with Gasteiger partial charge in [0, 0.05) is 19.5 Å². The van der Waals surface area contributed by atoms with E-state index in [0.717, 1.165) is 23.3 Å². The first-order valence-corrected chi connectivity index (χ1v) is 11.3. The summed E-state index contributed by atoms with van der Waals surface area (Å²) >= 11 is 0. The molecule has 5 nitrogen and oxygen atoms in total. The van der Waals surface area contributed by atoms with E-state index < -0.39 is 6.04 Å². The van der Waals surface area contributed by atoms with Gasteiger partial charge >= 0.3 is 0 Å². The second-order valence-electron chi connectivity index (χ2n) is 8.06. The van der Waals surface area contributed by atoms with Crippen LogP contribution in [-0.2, 0) is 29.0 Å². The van der Waals surface area contributed by atoms with Crippen LogP contribution in [0, 0.1) is 0 Å². The Morgan fingerprint density at radius 1 is 0.818 bits per heavy atom. The maximum Gasteiger partial charge on any atom is 0.242 e.